The SMILES string of the molecule is C=CCNC(=O)N[C@H]1CCN(C(=O)c2cnccn2)[C@H]1C(=O)NCCCC(=O)OC. The number of hydrogen-bond acceptors (Lipinski definition) is 7. The Morgan fingerprint density at radius 3 is 2.77 bits per heavy atom. The van der Waals surface area contributed by atoms with Gasteiger partial charge in [0, 0.05) is 38.4 Å². The number of amides is 4. The zero-order chi connectivity index (χ0) is 21.9. The third-order valence-corrected chi connectivity index (χ3v) is 4.52. The highest BCUT2D eigenvalue weighted by atomic mass is 16.5. The number of esters is 1. The standard InChI is InChI=1S/C19H26N6O5/c1-3-7-23-19(29)24-13-6-11-25(18(28)14-12-20-9-10-21-14)16(13)17(27)22-8-4-5-15(26)30-2/h3,9-10,12-13,16H,1,4-8,11H2,2H3,(H,22,27)(H2,23,24,29)/t13-,16+/m0/s1. The smallest absolute Gasteiger partial charge is 0.315 e. The van der Waals surface area contributed by atoms with E-state index in [2.05, 4.69) is 37.2 Å². The molecule has 4 amide bonds. The number of carbonyl (C=O) groups is 4. The first-order valence-corrected chi connectivity index (χ1v) is 9.54. The fourth-order valence-electron chi connectivity index (χ4n) is 3.09. The summed E-state index contributed by atoms with van der Waals surface area (Å²) >= 11 is 0. The molecule has 162 valence electrons. The Hall–Kier alpha value is -3.50. The van der Waals surface area contributed by atoms with Crippen LogP contribution in [0.3, 0.4) is 0 Å². The van der Waals surface area contributed by atoms with Crippen LogP contribution in [0.25, 0.3) is 0 Å². The van der Waals surface area contributed by atoms with E-state index in [-0.39, 0.29) is 37.7 Å². The zero-order valence-corrected chi connectivity index (χ0v) is 16.8. The Balaban J connectivity index is 2.08. The Bertz CT molecular complexity index is 772. The molecule has 1 saturated heterocycles. The van der Waals surface area contributed by atoms with E-state index in [0.717, 1.165) is 0 Å². The van der Waals surface area contributed by atoms with Gasteiger partial charge < -0.3 is 25.6 Å². The van der Waals surface area contributed by atoms with Crippen LogP contribution in [0.15, 0.2) is 31.2 Å². The molecule has 0 spiro atoms. The Kier molecular flexibility index (Phi) is 8.73. The lowest BCUT2D eigenvalue weighted by Crippen LogP contribution is -2.56. The van der Waals surface area contributed by atoms with Crippen molar-refractivity contribution in [3.8, 4) is 0 Å². The number of methoxy groups -OCH3 is 1. The fourth-order valence-corrected chi connectivity index (χ4v) is 3.09. The van der Waals surface area contributed by atoms with Crippen molar-refractivity contribution in [1.82, 2.24) is 30.8 Å². The van der Waals surface area contributed by atoms with Gasteiger partial charge in [-0.15, -0.1) is 6.58 Å². The molecule has 1 aromatic heterocycles. The van der Waals surface area contributed by atoms with E-state index < -0.39 is 29.9 Å². The largest absolute Gasteiger partial charge is 0.469 e. The molecule has 0 aromatic carbocycles. The van der Waals surface area contributed by atoms with Gasteiger partial charge in [0.25, 0.3) is 5.91 Å². The molecular weight excluding hydrogens is 392 g/mol. The molecule has 0 aliphatic carbocycles. The van der Waals surface area contributed by atoms with Crippen LogP contribution in [0, 0.1) is 0 Å². The maximum atomic E-state index is 12.9. The van der Waals surface area contributed by atoms with Crippen molar-refractivity contribution in [2.45, 2.75) is 31.3 Å². The molecule has 30 heavy (non-hydrogen) atoms. The average molecular weight is 418 g/mol. The molecule has 0 saturated carbocycles. The van der Waals surface area contributed by atoms with Gasteiger partial charge in [-0.25, -0.2) is 9.78 Å². The van der Waals surface area contributed by atoms with Gasteiger partial charge in [-0.1, -0.05) is 6.08 Å². The van der Waals surface area contributed by atoms with Crippen LogP contribution >= 0.6 is 0 Å². The summed E-state index contributed by atoms with van der Waals surface area (Å²) in [5.41, 5.74) is 0.109. The zero-order valence-electron chi connectivity index (χ0n) is 16.8. The second-order valence-electron chi connectivity index (χ2n) is 6.54. The van der Waals surface area contributed by atoms with Gasteiger partial charge in [0.2, 0.25) is 5.91 Å². The highest BCUT2D eigenvalue weighted by Crippen LogP contribution is 2.21. The topological polar surface area (TPSA) is 143 Å². The van der Waals surface area contributed by atoms with Gasteiger partial charge in [-0.05, 0) is 12.8 Å². The van der Waals surface area contributed by atoms with Crippen LogP contribution in [0.4, 0.5) is 4.79 Å². The minimum Gasteiger partial charge on any atom is -0.469 e. The predicted octanol–water partition coefficient (Wildman–Crippen LogP) is -0.386. The molecule has 2 rings (SSSR count). The van der Waals surface area contributed by atoms with E-state index in [9.17, 15) is 19.2 Å². The number of ether oxygens (including phenoxy) is 1. The Morgan fingerprint density at radius 1 is 1.30 bits per heavy atom. The van der Waals surface area contributed by atoms with Crippen LogP contribution in [0.2, 0.25) is 0 Å². The molecule has 11 heteroatoms. The molecule has 2 atom stereocenters. The van der Waals surface area contributed by atoms with Crippen LogP contribution in [0.5, 0.6) is 0 Å². The lowest BCUT2D eigenvalue weighted by molar-refractivity contribution is -0.140. The maximum absolute atomic E-state index is 12.9. The van der Waals surface area contributed by atoms with Gasteiger partial charge in [-0.3, -0.25) is 19.4 Å². The first-order valence-electron chi connectivity index (χ1n) is 9.54. The predicted molar refractivity (Wildman–Crippen MR) is 106 cm³/mol. The molecule has 3 N–H and O–H groups in total. The molecule has 0 unspecified atom stereocenters. The van der Waals surface area contributed by atoms with Crippen molar-refractivity contribution in [2.24, 2.45) is 0 Å². The number of urea groups is 1. The van der Waals surface area contributed by atoms with Gasteiger partial charge in [0.1, 0.15) is 11.7 Å². The molecule has 1 aliphatic rings. The van der Waals surface area contributed by atoms with Crippen molar-refractivity contribution < 1.29 is 23.9 Å². The summed E-state index contributed by atoms with van der Waals surface area (Å²) in [6.45, 7) is 4.30. The summed E-state index contributed by atoms with van der Waals surface area (Å²) in [6.07, 6.45) is 6.64. The lowest BCUT2D eigenvalue weighted by Gasteiger charge is -2.27. The fraction of sp³-hybridized carbons (Fsp3) is 0.474. The third kappa shape index (κ3) is 6.26. The van der Waals surface area contributed by atoms with Crippen molar-refractivity contribution in [1.29, 1.82) is 0 Å². The number of rotatable bonds is 9. The van der Waals surface area contributed by atoms with Crippen LogP contribution < -0.4 is 16.0 Å². The van der Waals surface area contributed by atoms with Gasteiger partial charge in [0.05, 0.1) is 19.3 Å². The molecular formula is C19H26N6O5. The Morgan fingerprint density at radius 2 is 2.10 bits per heavy atom. The molecule has 1 aromatic rings. The summed E-state index contributed by atoms with van der Waals surface area (Å²) < 4.78 is 4.57. The molecule has 0 bridgehead atoms. The van der Waals surface area contributed by atoms with Gasteiger partial charge >= 0.3 is 12.0 Å². The first kappa shape index (κ1) is 22.8. The van der Waals surface area contributed by atoms with E-state index in [1.807, 2.05) is 0 Å². The van der Waals surface area contributed by atoms with E-state index >= 15 is 0 Å². The molecule has 0 radical (unpaired) electrons. The van der Waals surface area contributed by atoms with Gasteiger partial charge in [0.15, 0.2) is 0 Å². The summed E-state index contributed by atoms with van der Waals surface area (Å²) in [5.74, 6) is -1.25. The van der Waals surface area contributed by atoms with Crippen molar-refractivity contribution in [3.63, 3.8) is 0 Å². The minimum absolute atomic E-state index is 0.109. The van der Waals surface area contributed by atoms with Crippen molar-refractivity contribution in [2.75, 3.05) is 26.7 Å². The third-order valence-electron chi connectivity index (χ3n) is 4.52. The number of nitrogens with zero attached hydrogens (tertiary/aromatic N) is 3. The van der Waals surface area contributed by atoms with E-state index in [0.29, 0.717) is 12.8 Å². The first-order chi connectivity index (χ1) is 14.5. The van der Waals surface area contributed by atoms with Gasteiger partial charge in [-0.2, -0.15) is 0 Å². The van der Waals surface area contributed by atoms with Crippen LogP contribution in [-0.2, 0) is 14.3 Å². The highest BCUT2D eigenvalue weighted by molar-refractivity contribution is 5.97. The maximum Gasteiger partial charge on any atom is 0.315 e. The molecule has 1 fully saturated rings. The number of carbonyl (C=O) groups excluding carboxylic acids is 4. The second kappa shape index (κ2) is 11.5. The summed E-state index contributed by atoms with van der Waals surface area (Å²) in [4.78, 5) is 58.3. The van der Waals surface area contributed by atoms with E-state index in [4.69, 9.17) is 0 Å². The molecule has 11 nitrogen and oxygen atoms in total. The van der Waals surface area contributed by atoms with Crippen molar-refractivity contribution >= 4 is 23.8 Å². The number of nitrogens with one attached hydrogen (secondary N) is 3. The van der Waals surface area contributed by atoms with Crippen LogP contribution in [-0.4, -0.2) is 77.5 Å². The van der Waals surface area contributed by atoms with E-state index in [1.165, 1.54) is 36.7 Å². The Labute approximate surface area is 174 Å². The average Bonchev–Trinajstić information content (AvgIpc) is 3.18. The quantitative estimate of drug-likeness (QED) is 0.282. The number of likely N-dealkylation sites (tertiary alicyclic amines) is 1. The number of hydrogen-bond donors (Lipinski definition) is 3. The highest BCUT2D eigenvalue weighted by Gasteiger charge is 2.43. The molecule has 1 aliphatic heterocycles. The minimum atomic E-state index is -0.924. The van der Waals surface area contributed by atoms with Crippen molar-refractivity contribution in [3.05, 3.63) is 36.9 Å². The van der Waals surface area contributed by atoms with E-state index in [1.54, 1.807) is 0 Å². The summed E-state index contributed by atoms with van der Waals surface area (Å²) in [5, 5.41) is 8.05. The van der Waals surface area contributed by atoms with Crippen LogP contribution in [0.1, 0.15) is 29.8 Å². The second-order valence-corrected chi connectivity index (χ2v) is 6.54. The molecule has 2 heterocycles. The lowest BCUT2D eigenvalue weighted by atomic mass is 10.1. The normalized spacial score (nSPS) is 17.7. The monoisotopic (exact) mass is 418 g/mol. The number of aromatic nitrogens is 2. The summed E-state index contributed by atoms with van der Waals surface area (Å²) in [7, 11) is 1.29. The summed E-state index contributed by atoms with van der Waals surface area (Å²) in [6, 6.07) is -1.97.